The lowest BCUT2D eigenvalue weighted by Crippen LogP contribution is -2.36. The van der Waals surface area contributed by atoms with Gasteiger partial charge in [-0.25, -0.2) is 9.37 Å². The number of benzene rings is 2. The maximum atomic E-state index is 14.3. The molecule has 2 N–H and O–H groups in total. The molecule has 0 aliphatic heterocycles. The molecule has 5 nitrogen and oxygen atoms in total. The van der Waals surface area contributed by atoms with Crippen molar-refractivity contribution in [1.29, 1.82) is 0 Å². The van der Waals surface area contributed by atoms with Gasteiger partial charge in [0.15, 0.2) is 5.96 Å². The van der Waals surface area contributed by atoms with Gasteiger partial charge in [0.25, 0.3) is 0 Å². The van der Waals surface area contributed by atoms with Crippen LogP contribution in [0.2, 0.25) is 0 Å². The summed E-state index contributed by atoms with van der Waals surface area (Å²) in [5.41, 5.74) is 5.04. The number of halogens is 2. The molecule has 0 amide bonds. The molecule has 0 spiro atoms. The van der Waals surface area contributed by atoms with Crippen molar-refractivity contribution >= 4 is 29.9 Å². The van der Waals surface area contributed by atoms with Crippen LogP contribution in [0.1, 0.15) is 22.3 Å². The van der Waals surface area contributed by atoms with Gasteiger partial charge < -0.3 is 15.2 Å². The van der Waals surface area contributed by atoms with Gasteiger partial charge in [-0.2, -0.15) is 0 Å². The number of guanidine groups is 1. The van der Waals surface area contributed by atoms with E-state index < -0.39 is 0 Å². The van der Waals surface area contributed by atoms with E-state index in [9.17, 15) is 4.39 Å². The van der Waals surface area contributed by atoms with E-state index in [1.54, 1.807) is 36.4 Å². The maximum Gasteiger partial charge on any atom is 0.191 e. The molecule has 2 aromatic carbocycles. The van der Waals surface area contributed by atoms with Crippen molar-refractivity contribution in [2.75, 3.05) is 7.05 Å². The first-order chi connectivity index (χ1) is 13.1. The monoisotopic (exact) mass is 493 g/mol. The Morgan fingerprint density at radius 1 is 1.11 bits per heavy atom. The number of aliphatic imine (C=N–C) groups is 1. The topological polar surface area (TPSA) is 54.2 Å². The summed E-state index contributed by atoms with van der Waals surface area (Å²) in [4.78, 5) is 8.18. The van der Waals surface area contributed by atoms with Crippen LogP contribution in [0.3, 0.4) is 0 Å². The third kappa shape index (κ3) is 5.54. The molecule has 7 heteroatoms. The maximum absolute atomic E-state index is 14.3. The Hall–Kier alpha value is -2.42. The van der Waals surface area contributed by atoms with Crippen molar-refractivity contribution in [3.05, 3.63) is 83.2 Å². The number of nitrogens with zero attached hydrogens (tertiary/aromatic N) is 3. The van der Waals surface area contributed by atoms with Gasteiger partial charge in [0.2, 0.25) is 0 Å². The molecule has 0 radical (unpaired) electrons. The second-order valence-electron chi connectivity index (χ2n) is 6.46. The molecular formula is C21H25FIN5. The normalized spacial score (nSPS) is 11.1. The summed E-state index contributed by atoms with van der Waals surface area (Å²) in [5.74, 6) is 0.389. The van der Waals surface area contributed by atoms with Crippen molar-refractivity contribution in [3.8, 4) is 5.69 Å². The van der Waals surface area contributed by atoms with Crippen LogP contribution < -0.4 is 10.6 Å². The zero-order valence-electron chi connectivity index (χ0n) is 16.2. The zero-order chi connectivity index (χ0) is 19.2. The number of hydrogen-bond acceptors (Lipinski definition) is 2. The Morgan fingerprint density at radius 2 is 1.89 bits per heavy atom. The Morgan fingerprint density at radius 3 is 2.54 bits per heavy atom. The molecule has 1 aromatic heterocycles. The van der Waals surface area contributed by atoms with Crippen molar-refractivity contribution in [2.45, 2.75) is 26.9 Å². The van der Waals surface area contributed by atoms with Crippen LogP contribution in [0.4, 0.5) is 4.39 Å². The number of hydrogen-bond donors (Lipinski definition) is 2. The van der Waals surface area contributed by atoms with E-state index in [1.165, 1.54) is 22.8 Å². The molecule has 3 aromatic rings. The van der Waals surface area contributed by atoms with E-state index in [4.69, 9.17) is 0 Å². The molecule has 3 rings (SSSR count). The average Bonchev–Trinajstić information content (AvgIpc) is 3.17. The number of aryl methyl sites for hydroxylation is 2. The van der Waals surface area contributed by atoms with Crippen molar-refractivity contribution in [3.63, 3.8) is 0 Å². The fourth-order valence-electron chi connectivity index (χ4n) is 2.90. The summed E-state index contributed by atoms with van der Waals surface area (Å²) in [7, 11) is 1.72. The third-order valence-corrected chi connectivity index (χ3v) is 4.42. The van der Waals surface area contributed by atoms with Crippen molar-refractivity contribution in [1.82, 2.24) is 20.2 Å². The van der Waals surface area contributed by atoms with Crippen LogP contribution in [-0.4, -0.2) is 22.6 Å². The van der Waals surface area contributed by atoms with Gasteiger partial charge in [-0.3, -0.25) is 4.99 Å². The van der Waals surface area contributed by atoms with E-state index in [-0.39, 0.29) is 29.8 Å². The number of nitrogens with one attached hydrogen (secondary N) is 2. The molecule has 1 heterocycles. The molecule has 0 atom stereocenters. The fraction of sp³-hybridized carbons (Fsp3) is 0.238. The minimum absolute atomic E-state index is 0. The van der Waals surface area contributed by atoms with E-state index in [2.05, 4.69) is 52.7 Å². The minimum atomic E-state index is -0.287. The Kier molecular flexibility index (Phi) is 7.98. The predicted molar refractivity (Wildman–Crippen MR) is 122 cm³/mol. The summed E-state index contributed by atoms with van der Waals surface area (Å²) >= 11 is 0. The summed E-state index contributed by atoms with van der Waals surface area (Å²) in [6.45, 7) is 5.35. The average molecular weight is 493 g/mol. The molecule has 148 valence electrons. The Labute approximate surface area is 182 Å². The quantitative estimate of drug-likeness (QED) is 0.320. The highest BCUT2D eigenvalue weighted by Gasteiger charge is 2.06. The van der Waals surface area contributed by atoms with Crippen molar-refractivity contribution in [2.24, 2.45) is 4.99 Å². The highest BCUT2D eigenvalue weighted by Crippen LogP contribution is 2.15. The first kappa shape index (κ1) is 21.9. The van der Waals surface area contributed by atoms with Gasteiger partial charge in [-0.15, -0.1) is 24.0 Å². The molecule has 0 unspecified atom stereocenters. The van der Waals surface area contributed by atoms with Crippen LogP contribution in [0.25, 0.3) is 5.69 Å². The lowest BCUT2D eigenvalue weighted by molar-refractivity contribution is 0.615. The Balaban J connectivity index is 0.00000280. The Bertz CT molecular complexity index is 938. The zero-order valence-corrected chi connectivity index (χ0v) is 18.6. The smallest absolute Gasteiger partial charge is 0.191 e. The molecule has 0 aliphatic carbocycles. The summed E-state index contributed by atoms with van der Waals surface area (Å²) in [6.07, 6.45) is 4.92. The largest absolute Gasteiger partial charge is 0.352 e. The van der Waals surface area contributed by atoms with Crippen LogP contribution >= 0.6 is 24.0 Å². The van der Waals surface area contributed by atoms with Gasteiger partial charge in [-0.1, -0.05) is 29.8 Å². The lowest BCUT2D eigenvalue weighted by atomic mass is 10.1. The highest BCUT2D eigenvalue weighted by atomic mass is 127. The first-order valence-electron chi connectivity index (χ1n) is 8.84. The second-order valence-corrected chi connectivity index (χ2v) is 6.46. The molecule has 0 fully saturated rings. The highest BCUT2D eigenvalue weighted by molar-refractivity contribution is 14.0. The van der Waals surface area contributed by atoms with E-state index >= 15 is 0 Å². The van der Waals surface area contributed by atoms with Gasteiger partial charge in [0.1, 0.15) is 5.82 Å². The summed E-state index contributed by atoms with van der Waals surface area (Å²) in [5, 5.41) is 6.52. The van der Waals surface area contributed by atoms with E-state index in [0.29, 0.717) is 24.7 Å². The number of aromatic nitrogens is 2. The fourth-order valence-corrected chi connectivity index (χ4v) is 2.90. The number of rotatable bonds is 5. The molecule has 28 heavy (non-hydrogen) atoms. The van der Waals surface area contributed by atoms with Crippen LogP contribution in [0.5, 0.6) is 0 Å². The predicted octanol–water partition coefficient (Wildman–Crippen LogP) is 4.11. The van der Waals surface area contributed by atoms with Gasteiger partial charge >= 0.3 is 0 Å². The van der Waals surface area contributed by atoms with E-state index in [0.717, 1.165) is 5.56 Å². The minimum Gasteiger partial charge on any atom is -0.352 e. The van der Waals surface area contributed by atoms with Gasteiger partial charge in [0.05, 0.1) is 12.0 Å². The molecular weight excluding hydrogens is 468 g/mol. The van der Waals surface area contributed by atoms with Gasteiger partial charge in [-0.05, 0) is 42.7 Å². The van der Waals surface area contributed by atoms with Crippen LogP contribution in [0.15, 0.2) is 60.1 Å². The van der Waals surface area contributed by atoms with E-state index in [1.807, 2.05) is 6.07 Å². The second kappa shape index (κ2) is 10.2. The van der Waals surface area contributed by atoms with Crippen LogP contribution in [-0.2, 0) is 13.1 Å². The van der Waals surface area contributed by atoms with Crippen LogP contribution in [0, 0.1) is 19.7 Å². The molecule has 0 aliphatic rings. The van der Waals surface area contributed by atoms with Gasteiger partial charge in [0, 0.05) is 32.5 Å². The summed E-state index contributed by atoms with van der Waals surface area (Å²) in [6, 6.07) is 11.6. The summed E-state index contributed by atoms with van der Waals surface area (Å²) < 4.78 is 16.0. The molecule has 0 bridgehead atoms. The first-order valence-corrected chi connectivity index (χ1v) is 8.84. The SMILES string of the molecule is CN=C(NCc1ccc(-n2ccnc2)c(F)c1)NCc1ccc(C)cc1C.I. The molecule has 0 saturated carbocycles. The standard InChI is InChI=1S/C21H24FN5.HI/c1-15-4-6-18(16(2)10-15)13-26-21(23-3)25-12-17-5-7-20(19(22)11-17)27-9-8-24-14-27;/h4-11,14H,12-13H2,1-3H3,(H2,23,25,26);1H. The molecule has 0 saturated heterocycles. The number of imidazole rings is 1. The van der Waals surface area contributed by atoms with Crippen molar-refractivity contribution < 1.29 is 4.39 Å². The third-order valence-electron chi connectivity index (χ3n) is 4.42. The lowest BCUT2D eigenvalue weighted by Gasteiger charge is -2.14.